The third-order valence-corrected chi connectivity index (χ3v) is 6.17. The van der Waals surface area contributed by atoms with E-state index in [1.54, 1.807) is 11.3 Å². The van der Waals surface area contributed by atoms with Crippen molar-refractivity contribution in [1.82, 2.24) is 25.3 Å². The largest absolute Gasteiger partial charge is 0.339 e. The molecule has 2 aromatic heterocycles. The number of rotatable bonds is 4. The quantitative estimate of drug-likeness (QED) is 0.875. The number of carbonyl (C=O) groups excluding carboxylic acids is 1. The Bertz CT molecular complexity index is 727. The van der Waals surface area contributed by atoms with E-state index < -0.39 is 0 Å². The van der Waals surface area contributed by atoms with Gasteiger partial charge in [0.15, 0.2) is 0 Å². The smallest absolute Gasteiger partial charge is 0.231 e. The first-order valence-electron chi connectivity index (χ1n) is 8.31. The SMILES string of the molecule is CN1C[C@H]2CNC[C@@]2(C(=O)N(C)Cc2cc(-c3cccs3)n[nH]2)C1. The van der Waals surface area contributed by atoms with E-state index in [2.05, 4.69) is 33.5 Å². The minimum atomic E-state index is -0.264. The van der Waals surface area contributed by atoms with Crippen LogP contribution in [0.25, 0.3) is 10.6 Å². The van der Waals surface area contributed by atoms with Gasteiger partial charge in [0.2, 0.25) is 5.91 Å². The van der Waals surface area contributed by atoms with Gasteiger partial charge in [-0.2, -0.15) is 5.10 Å². The van der Waals surface area contributed by atoms with Crippen molar-refractivity contribution < 1.29 is 4.79 Å². The molecule has 2 N–H and O–H groups in total. The highest BCUT2D eigenvalue weighted by Gasteiger charge is 2.54. The van der Waals surface area contributed by atoms with Crippen LogP contribution in [0.15, 0.2) is 23.6 Å². The lowest BCUT2D eigenvalue weighted by atomic mass is 9.79. The van der Waals surface area contributed by atoms with Crippen LogP contribution in [0.1, 0.15) is 5.69 Å². The zero-order valence-electron chi connectivity index (χ0n) is 14.1. The summed E-state index contributed by atoms with van der Waals surface area (Å²) >= 11 is 1.67. The van der Waals surface area contributed by atoms with E-state index in [-0.39, 0.29) is 11.3 Å². The third kappa shape index (κ3) is 2.56. The zero-order chi connectivity index (χ0) is 16.7. The van der Waals surface area contributed by atoms with Crippen LogP contribution in [-0.4, -0.2) is 66.2 Å². The summed E-state index contributed by atoms with van der Waals surface area (Å²) in [4.78, 5) is 18.4. The van der Waals surface area contributed by atoms with E-state index in [0.29, 0.717) is 12.5 Å². The van der Waals surface area contributed by atoms with Crippen LogP contribution < -0.4 is 5.32 Å². The van der Waals surface area contributed by atoms with Crippen LogP contribution >= 0.6 is 11.3 Å². The monoisotopic (exact) mass is 345 g/mol. The van der Waals surface area contributed by atoms with Gasteiger partial charge in [0.25, 0.3) is 0 Å². The van der Waals surface area contributed by atoms with E-state index in [0.717, 1.165) is 42.4 Å². The Kier molecular flexibility index (Phi) is 3.94. The molecule has 6 nitrogen and oxygen atoms in total. The van der Waals surface area contributed by atoms with E-state index in [1.165, 1.54) is 0 Å². The average molecular weight is 345 g/mol. The summed E-state index contributed by atoms with van der Waals surface area (Å²) in [6.07, 6.45) is 0. The number of carbonyl (C=O) groups is 1. The fraction of sp³-hybridized carbons (Fsp3) is 0.529. The molecule has 4 rings (SSSR count). The van der Waals surface area contributed by atoms with Crippen molar-refractivity contribution in [3.8, 4) is 10.6 Å². The second-order valence-electron chi connectivity index (χ2n) is 7.10. The number of nitrogens with one attached hydrogen (secondary N) is 2. The highest BCUT2D eigenvalue weighted by atomic mass is 32.1. The summed E-state index contributed by atoms with van der Waals surface area (Å²) < 4.78 is 0. The van der Waals surface area contributed by atoms with Crippen molar-refractivity contribution >= 4 is 17.2 Å². The van der Waals surface area contributed by atoms with Crippen LogP contribution in [0.4, 0.5) is 0 Å². The van der Waals surface area contributed by atoms with Crippen LogP contribution in [0.5, 0.6) is 0 Å². The molecule has 2 saturated heterocycles. The van der Waals surface area contributed by atoms with Crippen LogP contribution in [-0.2, 0) is 11.3 Å². The number of fused-ring (bicyclic) bond motifs is 1. The van der Waals surface area contributed by atoms with E-state index in [1.807, 2.05) is 29.5 Å². The number of aromatic amines is 1. The van der Waals surface area contributed by atoms with Gasteiger partial charge < -0.3 is 15.1 Å². The topological polar surface area (TPSA) is 64.3 Å². The second-order valence-corrected chi connectivity index (χ2v) is 8.05. The lowest BCUT2D eigenvalue weighted by molar-refractivity contribution is -0.141. The summed E-state index contributed by atoms with van der Waals surface area (Å²) in [5.41, 5.74) is 1.65. The maximum Gasteiger partial charge on any atom is 0.231 e. The number of H-pyrrole nitrogens is 1. The van der Waals surface area contributed by atoms with Crippen molar-refractivity contribution in [2.45, 2.75) is 6.54 Å². The van der Waals surface area contributed by atoms with Crippen LogP contribution in [0.2, 0.25) is 0 Å². The first-order valence-corrected chi connectivity index (χ1v) is 9.19. The van der Waals surface area contributed by atoms with Gasteiger partial charge in [-0.15, -0.1) is 11.3 Å². The normalized spacial score (nSPS) is 26.7. The molecule has 0 radical (unpaired) electrons. The lowest BCUT2D eigenvalue weighted by Crippen LogP contribution is -2.47. The Balaban J connectivity index is 1.48. The predicted molar refractivity (Wildman–Crippen MR) is 94.7 cm³/mol. The molecule has 0 saturated carbocycles. The molecule has 7 heteroatoms. The highest BCUT2D eigenvalue weighted by molar-refractivity contribution is 7.13. The first kappa shape index (κ1) is 15.8. The number of aromatic nitrogens is 2. The minimum absolute atomic E-state index is 0.245. The Morgan fingerprint density at radius 3 is 3.25 bits per heavy atom. The number of thiophene rings is 1. The van der Waals surface area contributed by atoms with Gasteiger partial charge in [0.1, 0.15) is 5.69 Å². The van der Waals surface area contributed by atoms with Crippen molar-refractivity contribution in [1.29, 1.82) is 0 Å². The average Bonchev–Trinajstić information content (AvgIpc) is 3.29. The lowest BCUT2D eigenvalue weighted by Gasteiger charge is -2.31. The van der Waals surface area contributed by atoms with E-state index in [4.69, 9.17) is 0 Å². The number of hydrogen-bond donors (Lipinski definition) is 2. The van der Waals surface area contributed by atoms with E-state index in [9.17, 15) is 4.79 Å². The fourth-order valence-electron chi connectivity index (χ4n) is 4.17. The number of nitrogens with zero attached hydrogens (tertiary/aromatic N) is 3. The van der Waals surface area contributed by atoms with Gasteiger partial charge in [-0.3, -0.25) is 9.89 Å². The number of likely N-dealkylation sites (tertiary alicyclic amines) is 1. The van der Waals surface area contributed by atoms with Crippen LogP contribution in [0, 0.1) is 11.3 Å². The van der Waals surface area contributed by atoms with Crippen molar-refractivity contribution in [2.75, 3.05) is 40.3 Å². The number of hydrogen-bond acceptors (Lipinski definition) is 5. The summed E-state index contributed by atoms with van der Waals surface area (Å²) in [5.74, 6) is 0.662. The van der Waals surface area contributed by atoms with Crippen molar-refractivity contribution in [3.63, 3.8) is 0 Å². The Hall–Kier alpha value is -1.70. The molecule has 2 aliphatic rings. The molecular formula is C17H23N5OS. The van der Waals surface area contributed by atoms with Gasteiger partial charge >= 0.3 is 0 Å². The van der Waals surface area contributed by atoms with Gasteiger partial charge in [0, 0.05) is 39.1 Å². The first-order chi connectivity index (χ1) is 11.6. The molecule has 4 heterocycles. The van der Waals surface area contributed by atoms with Gasteiger partial charge in [-0.05, 0) is 24.6 Å². The molecule has 0 aliphatic carbocycles. The third-order valence-electron chi connectivity index (χ3n) is 5.28. The highest BCUT2D eigenvalue weighted by Crippen LogP contribution is 2.40. The molecule has 2 atom stereocenters. The van der Waals surface area contributed by atoms with Gasteiger partial charge in [-0.25, -0.2) is 0 Å². The number of amides is 1. The Morgan fingerprint density at radius 1 is 1.58 bits per heavy atom. The fourth-order valence-corrected chi connectivity index (χ4v) is 4.86. The van der Waals surface area contributed by atoms with Crippen molar-refractivity contribution in [2.24, 2.45) is 11.3 Å². The predicted octanol–water partition coefficient (Wildman–Crippen LogP) is 1.25. The molecule has 2 fully saturated rings. The molecule has 0 bridgehead atoms. The second kappa shape index (κ2) is 5.98. The Morgan fingerprint density at radius 2 is 2.46 bits per heavy atom. The summed E-state index contributed by atoms with van der Waals surface area (Å²) in [6, 6.07) is 6.12. The van der Waals surface area contributed by atoms with Gasteiger partial charge in [-0.1, -0.05) is 6.07 Å². The zero-order valence-corrected chi connectivity index (χ0v) is 14.9. The molecule has 0 aromatic carbocycles. The molecule has 1 amide bonds. The van der Waals surface area contributed by atoms with Gasteiger partial charge in [0.05, 0.1) is 22.5 Å². The maximum atomic E-state index is 13.2. The summed E-state index contributed by atoms with van der Waals surface area (Å²) in [7, 11) is 4.01. The van der Waals surface area contributed by atoms with Crippen molar-refractivity contribution in [3.05, 3.63) is 29.3 Å². The summed E-state index contributed by atoms with van der Waals surface area (Å²) in [6.45, 7) is 4.14. The minimum Gasteiger partial charge on any atom is -0.339 e. The van der Waals surface area contributed by atoms with E-state index >= 15 is 0 Å². The molecular weight excluding hydrogens is 322 g/mol. The van der Waals surface area contributed by atoms with Crippen LogP contribution in [0.3, 0.4) is 0 Å². The molecule has 24 heavy (non-hydrogen) atoms. The molecule has 2 aromatic rings. The molecule has 0 unspecified atom stereocenters. The molecule has 128 valence electrons. The maximum absolute atomic E-state index is 13.2. The molecule has 0 spiro atoms. The molecule has 2 aliphatic heterocycles. The standard InChI is InChI=1S/C17H23N5OS/c1-21-8-12-7-18-10-17(12,11-21)16(23)22(2)9-13-6-14(20-19-13)15-4-3-5-24-15/h3-6,12,18H,7-11H2,1-2H3,(H,19,20)/t12-,17-/m1/s1. The Labute approximate surface area is 145 Å². The summed E-state index contributed by atoms with van der Waals surface area (Å²) in [5, 5.41) is 12.9.